The van der Waals surface area contributed by atoms with Crippen molar-refractivity contribution in [2.24, 2.45) is 0 Å². The molecule has 1 aromatic carbocycles. The van der Waals surface area contributed by atoms with Gasteiger partial charge in [-0.1, -0.05) is 6.07 Å². The normalized spacial score (nSPS) is 23.8. The van der Waals surface area contributed by atoms with Crippen LogP contribution in [0.1, 0.15) is 23.8 Å². The fourth-order valence-electron chi connectivity index (χ4n) is 2.64. The molecule has 0 spiro atoms. The van der Waals surface area contributed by atoms with Gasteiger partial charge in [-0.25, -0.2) is 4.39 Å². The molecule has 0 saturated carbocycles. The molecular formula is C17H18FN3O3. The fraction of sp³-hybridized carbons (Fsp3) is 0.353. The number of piperidine rings is 1. The highest BCUT2D eigenvalue weighted by Crippen LogP contribution is 2.27. The highest BCUT2D eigenvalue weighted by atomic mass is 19.1. The summed E-state index contributed by atoms with van der Waals surface area (Å²) >= 11 is 0. The van der Waals surface area contributed by atoms with E-state index >= 15 is 0 Å². The number of nitrogens with zero attached hydrogens (tertiary/aromatic N) is 3. The first-order valence-electron chi connectivity index (χ1n) is 7.67. The van der Waals surface area contributed by atoms with E-state index in [0.29, 0.717) is 18.7 Å². The van der Waals surface area contributed by atoms with Crippen molar-refractivity contribution in [3.63, 3.8) is 0 Å². The second kappa shape index (κ2) is 6.52. The van der Waals surface area contributed by atoms with Crippen LogP contribution in [-0.2, 0) is 0 Å². The van der Waals surface area contributed by atoms with E-state index in [2.05, 4.69) is 10.2 Å². The number of hydrogen-bond donors (Lipinski definition) is 1. The molecular weight excluding hydrogens is 313 g/mol. The molecule has 0 radical (unpaired) electrons. The molecule has 7 heteroatoms. The third kappa shape index (κ3) is 3.51. The molecule has 1 saturated heterocycles. The lowest BCUT2D eigenvalue weighted by Crippen LogP contribution is -2.57. The largest absolute Gasteiger partial charge is 0.485 e. The first-order chi connectivity index (χ1) is 11.5. The molecule has 0 bridgehead atoms. The number of amides is 1. The van der Waals surface area contributed by atoms with Crippen LogP contribution in [0.15, 0.2) is 42.6 Å². The summed E-state index contributed by atoms with van der Waals surface area (Å²) in [5.74, 6) is -0.379. The Morgan fingerprint density at radius 1 is 1.42 bits per heavy atom. The lowest BCUT2D eigenvalue weighted by Gasteiger charge is -2.42. The molecule has 1 fully saturated rings. The van der Waals surface area contributed by atoms with Crippen LogP contribution in [0, 0.1) is 5.82 Å². The van der Waals surface area contributed by atoms with Gasteiger partial charge in [-0.2, -0.15) is 5.10 Å². The van der Waals surface area contributed by atoms with Gasteiger partial charge in [0, 0.05) is 18.8 Å². The van der Waals surface area contributed by atoms with Crippen molar-refractivity contribution in [1.29, 1.82) is 0 Å². The van der Waals surface area contributed by atoms with Crippen molar-refractivity contribution >= 4 is 5.91 Å². The van der Waals surface area contributed by atoms with Gasteiger partial charge in [0.1, 0.15) is 23.3 Å². The van der Waals surface area contributed by atoms with Crippen LogP contribution in [-0.4, -0.2) is 50.9 Å². The van der Waals surface area contributed by atoms with E-state index in [-0.39, 0.29) is 18.1 Å². The number of likely N-dealkylation sites (tertiary alicyclic amines) is 1. The Labute approximate surface area is 138 Å². The van der Waals surface area contributed by atoms with Gasteiger partial charge in [0.05, 0.1) is 6.54 Å². The zero-order valence-corrected chi connectivity index (χ0v) is 13.2. The molecule has 24 heavy (non-hydrogen) atoms. The second-order valence-electron chi connectivity index (χ2n) is 6.03. The van der Waals surface area contributed by atoms with Crippen LogP contribution >= 0.6 is 0 Å². The Balaban J connectivity index is 1.76. The summed E-state index contributed by atoms with van der Waals surface area (Å²) in [5, 5.41) is 18.1. The molecule has 0 unspecified atom stereocenters. The molecule has 2 aromatic rings. The Morgan fingerprint density at radius 2 is 2.25 bits per heavy atom. The topological polar surface area (TPSA) is 75.5 Å². The van der Waals surface area contributed by atoms with E-state index < -0.39 is 17.5 Å². The van der Waals surface area contributed by atoms with E-state index in [1.54, 1.807) is 30.0 Å². The monoisotopic (exact) mass is 331 g/mol. The molecule has 1 aliphatic heterocycles. The molecule has 126 valence electrons. The molecule has 2 heterocycles. The summed E-state index contributed by atoms with van der Waals surface area (Å²) < 4.78 is 19.1. The Hall–Kier alpha value is -2.54. The molecule has 1 aromatic heterocycles. The van der Waals surface area contributed by atoms with Crippen molar-refractivity contribution in [2.45, 2.75) is 25.0 Å². The zero-order valence-electron chi connectivity index (χ0n) is 13.2. The summed E-state index contributed by atoms with van der Waals surface area (Å²) in [6.45, 7) is 2.21. The van der Waals surface area contributed by atoms with Gasteiger partial charge in [-0.15, -0.1) is 5.10 Å². The van der Waals surface area contributed by atoms with Crippen LogP contribution in [0.4, 0.5) is 4.39 Å². The number of rotatable bonds is 3. The number of benzene rings is 1. The van der Waals surface area contributed by atoms with Crippen LogP contribution in [0.3, 0.4) is 0 Å². The van der Waals surface area contributed by atoms with E-state index in [1.165, 1.54) is 24.4 Å². The van der Waals surface area contributed by atoms with Gasteiger partial charge >= 0.3 is 0 Å². The van der Waals surface area contributed by atoms with Gasteiger partial charge in [0.15, 0.2) is 5.69 Å². The Kier molecular flexibility index (Phi) is 4.44. The van der Waals surface area contributed by atoms with Gasteiger partial charge in [0.2, 0.25) is 0 Å². The Morgan fingerprint density at radius 3 is 2.96 bits per heavy atom. The highest BCUT2D eigenvalue weighted by molar-refractivity contribution is 5.92. The summed E-state index contributed by atoms with van der Waals surface area (Å²) in [6, 6.07) is 8.94. The van der Waals surface area contributed by atoms with Crippen LogP contribution in [0.5, 0.6) is 5.75 Å². The molecule has 3 rings (SSSR count). The summed E-state index contributed by atoms with van der Waals surface area (Å²) in [7, 11) is 0. The van der Waals surface area contributed by atoms with Crippen molar-refractivity contribution in [1.82, 2.24) is 15.1 Å². The summed E-state index contributed by atoms with van der Waals surface area (Å²) in [5.41, 5.74) is -0.880. The third-order valence-electron chi connectivity index (χ3n) is 4.12. The third-order valence-corrected chi connectivity index (χ3v) is 4.12. The minimum atomic E-state index is -1.12. The maximum Gasteiger partial charge on any atom is 0.274 e. The molecule has 1 amide bonds. The second-order valence-corrected chi connectivity index (χ2v) is 6.03. The summed E-state index contributed by atoms with van der Waals surface area (Å²) in [6.07, 6.45) is 1.17. The number of halogens is 1. The number of hydrogen-bond acceptors (Lipinski definition) is 5. The van der Waals surface area contributed by atoms with Crippen LogP contribution in [0.25, 0.3) is 0 Å². The number of ether oxygens (including phenoxy) is 1. The van der Waals surface area contributed by atoms with Crippen LogP contribution < -0.4 is 4.74 Å². The van der Waals surface area contributed by atoms with Crippen molar-refractivity contribution in [3.05, 3.63) is 54.1 Å². The minimum absolute atomic E-state index is 0.179. The van der Waals surface area contributed by atoms with Gasteiger partial charge in [-0.3, -0.25) is 4.79 Å². The first-order valence-corrected chi connectivity index (χ1v) is 7.67. The Bertz CT molecular complexity index is 724. The standard InChI is InChI=1S/C17H18FN3O3/c1-17(23)7-9-21(16(22)14-6-3-8-19-20-14)11-15(17)24-13-5-2-4-12(18)10-13/h2-6,8,10,15,23H,7,9,11H2,1H3/t15-,17-/m1/s1. The quantitative estimate of drug-likeness (QED) is 0.926. The van der Waals surface area contributed by atoms with E-state index in [0.717, 1.165) is 0 Å². The number of carbonyl (C=O) groups excluding carboxylic acids is 1. The average molecular weight is 331 g/mol. The van der Waals surface area contributed by atoms with Gasteiger partial charge < -0.3 is 14.7 Å². The maximum absolute atomic E-state index is 13.3. The molecule has 1 N–H and O–H groups in total. The van der Waals surface area contributed by atoms with E-state index in [4.69, 9.17) is 4.74 Å². The number of carbonyl (C=O) groups is 1. The van der Waals surface area contributed by atoms with E-state index in [1.807, 2.05) is 0 Å². The predicted molar refractivity (Wildman–Crippen MR) is 84.0 cm³/mol. The van der Waals surface area contributed by atoms with Crippen LogP contribution in [0.2, 0.25) is 0 Å². The lowest BCUT2D eigenvalue weighted by atomic mass is 9.90. The average Bonchev–Trinajstić information content (AvgIpc) is 2.57. The fourth-order valence-corrected chi connectivity index (χ4v) is 2.64. The van der Waals surface area contributed by atoms with Crippen molar-refractivity contribution in [3.8, 4) is 5.75 Å². The predicted octanol–water partition coefficient (Wildman–Crippen LogP) is 1.66. The zero-order chi connectivity index (χ0) is 17.2. The maximum atomic E-state index is 13.3. The SMILES string of the molecule is C[C@@]1(O)CCN(C(=O)c2cccnn2)C[C@H]1Oc1cccc(F)c1. The lowest BCUT2D eigenvalue weighted by molar-refractivity contribution is -0.0883. The molecule has 1 aliphatic rings. The minimum Gasteiger partial charge on any atom is -0.485 e. The van der Waals surface area contributed by atoms with E-state index in [9.17, 15) is 14.3 Å². The molecule has 0 aliphatic carbocycles. The highest BCUT2D eigenvalue weighted by Gasteiger charge is 2.41. The number of aliphatic hydroxyl groups is 1. The number of aromatic nitrogens is 2. The van der Waals surface area contributed by atoms with Crippen molar-refractivity contribution < 1.29 is 19.0 Å². The van der Waals surface area contributed by atoms with Gasteiger partial charge in [0.25, 0.3) is 5.91 Å². The summed E-state index contributed by atoms with van der Waals surface area (Å²) in [4.78, 5) is 14.1. The van der Waals surface area contributed by atoms with Gasteiger partial charge in [-0.05, 0) is 37.6 Å². The smallest absolute Gasteiger partial charge is 0.274 e. The van der Waals surface area contributed by atoms with Crippen molar-refractivity contribution in [2.75, 3.05) is 13.1 Å². The molecule has 6 nitrogen and oxygen atoms in total. The first kappa shape index (κ1) is 16.3. The molecule has 2 atom stereocenters.